The number of carbonyl (C=O) groups excluding carboxylic acids is 1. The normalized spacial score (nSPS) is 12.4. The maximum atomic E-state index is 12.0. The second kappa shape index (κ2) is 6.34. The predicted octanol–water partition coefficient (Wildman–Crippen LogP) is 2.09. The van der Waals surface area contributed by atoms with Gasteiger partial charge < -0.3 is 14.9 Å². The molecular formula is C15H18N2O3. The highest BCUT2D eigenvalue weighted by Crippen LogP contribution is 2.18. The van der Waals surface area contributed by atoms with Crippen molar-refractivity contribution >= 4 is 5.91 Å². The molecular weight excluding hydrogens is 256 g/mol. The van der Waals surface area contributed by atoms with Crippen molar-refractivity contribution in [1.29, 1.82) is 0 Å². The Kier molecular flexibility index (Phi) is 4.53. The maximum Gasteiger partial charge on any atom is 0.290 e. The number of hydrogen-bond acceptors (Lipinski definition) is 4. The molecule has 2 rings (SSSR count). The lowest BCUT2D eigenvalue weighted by Crippen LogP contribution is -2.41. The molecule has 1 atom stereocenters. The fourth-order valence-electron chi connectivity index (χ4n) is 1.79. The summed E-state index contributed by atoms with van der Waals surface area (Å²) in [5, 5.41) is 15.8. The number of aromatic nitrogens is 1. The molecule has 5 nitrogen and oxygen atoms in total. The molecule has 0 fully saturated rings. The average molecular weight is 274 g/mol. The molecule has 0 saturated carbocycles. The predicted molar refractivity (Wildman–Crippen MR) is 75.1 cm³/mol. The third kappa shape index (κ3) is 3.24. The molecule has 0 aliphatic rings. The zero-order valence-corrected chi connectivity index (χ0v) is 11.5. The van der Waals surface area contributed by atoms with Crippen LogP contribution in [0.3, 0.4) is 0 Å². The standard InChI is InChI=1S/C15H18N2O3/c1-10(2)13(9-18)16-15(19)14-8-12(17-20-14)11-6-4-3-5-7-11/h3-8,10,13,18H,9H2,1-2H3,(H,16,19)/t13-/m1/s1. The van der Waals surface area contributed by atoms with Crippen molar-refractivity contribution in [1.82, 2.24) is 10.5 Å². The Labute approximate surface area is 117 Å². The van der Waals surface area contributed by atoms with E-state index in [0.29, 0.717) is 5.69 Å². The number of rotatable bonds is 5. The van der Waals surface area contributed by atoms with E-state index in [-0.39, 0.29) is 30.2 Å². The SMILES string of the molecule is CC(C)[C@@H](CO)NC(=O)c1cc(-c2ccccc2)no1. The molecule has 1 aromatic heterocycles. The molecule has 5 heteroatoms. The van der Waals surface area contributed by atoms with Crippen LogP contribution in [0.5, 0.6) is 0 Å². The van der Waals surface area contributed by atoms with Crippen LogP contribution in [0, 0.1) is 5.92 Å². The molecule has 2 N–H and O–H groups in total. The van der Waals surface area contributed by atoms with E-state index in [4.69, 9.17) is 4.52 Å². The Morgan fingerprint density at radius 2 is 2.05 bits per heavy atom. The van der Waals surface area contributed by atoms with Gasteiger partial charge in [0.2, 0.25) is 5.76 Å². The lowest BCUT2D eigenvalue weighted by molar-refractivity contribution is 0.0860. The van der Waals surface area contributed by atoms with Crippen LogP contribution in [0.25, 0.3) is 11.3 Å². The van der Waals surface area contributed by atoms with E-state index in [1.54, 1.807) is 6.07 Å². The largest absolute Gasteiger partial charge is 0.394 e. The summed E-state index contributed by atoms with van der Waals surface area (Å²) in [4.78, 5) is 12.0. The van der Waals surface area contributed by atoms with E-state index in [1.807, 2.05) is 44.2 Å². The zero-order valence-electron chi connectivity index (χ0n) is 11.5. The number of hydrogen-bond donors (Lipinski definition) is 2. The molecule has 0 radical (unpaired) electrons. The monoisotopic (exact) mass is 274 g/mol. The second-order valence-corrected chi connectivity index (χ2v) is 4.95. The van der Waals surface area contributed by atoms with Crippen molar-refractivity contribution in [3.63, 3.8) is 0 Å². The fourth-order valence-corrected chi connectivity index (χ4v) is 1.79. The summed E-state index contributed by atoms with van der Waals surface area (Å²) in [5.41, 5.74) is 1.50. The van der Waals surface area contributed by atoms with Gasteiger partial charge in [-0.25, -0.2) is 0 Å². The van der Waals surface area contributed by atoms with Gasteiger partial charge in [0, 0.05) is 11.6 Å². The zero-order chi connectivity index (χ0) is 14.5. The first kappa shape index (κ1) is 14.3. The van der Waals surface area contributed by atoms with E-state index in [9.17, 15) is 9.90 Å². The van der Waals surface area contributed by atoms with Crippen molar-refractivity contribution < 1.29 is 14.4 Å². The number of nitrogens with zero attached hydrogens (tertiary/aromatic N) is 1. The Balaban J connectivity index is 2.11. The summed E-state index contributed by atoms with van der Waals surface area (Å²) in [6.45, 7) is 3.75. The first-order valence-corrected chi connectivity index (χ1v) is 6.55. The highest BCUT2D eigenvalue weighted by Gasteiger charge is 2.19. The first-order chi connectivity index (χ1) is 9.61. The van der Waals surface area contributed by atoms with E-state index < -0.39 is 0 Å². The average Bonchev–Trinajstić information content (AvgIpc) is 2.95. The van der Waals surface area contributed by atoms with E-state index in [0.717, 1.165) is 5.56 Å². The van der Waals surface area contributed by atoms with Gasteiger partial charge in [-0.15, -0.1) is 0 Å². The first-order valence-electron chi connectivity index (χ1n) is 6.55. The third-order valence-electron chi connectivity index (χ3n) is 3.12. The van der Waals surface area contributed by atoms with Crippen molar-refractivity contribution in [2.75, 3.05) is 6.61 Å². The molecule has 106 valence electrons. The minimum absolute atomic E-state index is 0.108. The van der Waals surface area contributed by atoms with Crippen molar-refractivity contribution in [2.45, 2.75) is 19.9 Å². The van der Waals surface area contributed by atoms with Crippen LogP contribution in [-0.4, -0.2) is 28.8 Å². The molecule has 0 saturated heterocycles. The Hall–Kier alpha value is -2.14. The van der Waals surface area contributed by atoms with Crippen LogP contribution in [0.2, 0.25) is 0 Å². The third-order valence-corrected chi connectivity index (χ3v) is 3.12. The minimum Gasteiger partial charge on any atom is -0.394 e. The molecule has 1 amide bonds. The van der Waals surface area contributed by atoms with Crippen LogP contribution in [0.1, 0.15) is 24.4 Å². The molecule has 0 aliphatic heterocycles. The van der Waals surface area contributed by atoms with Crippen LogP contribution in [-0.2, 0) is 0 Å². The highest BCUT2D eigenvalue weighted by molar-refractivity contribution is 5.92. The van der Waals surface area contributed by atoms with Gasteiger partial charge in [-0.1, -0.05) is 49.3 Å². The van der Waals surface area contributed by atoms with E-state index in [2.05, 4.69) is 10.5 Å². The lowest BCUT2D eigenvalue weighted by Gasteiger charge is -2.18. The molecule has 20 heavy (non-hydrogen) atoms. The topological polar surface area (TPSA) is 75.4 Å². The summed E-state index contributed by atoms with van der Waals surface area (Å²) in [6.07, 6.45) is 0. The molecule has 1 aromatic carbocycles. The molecule has 0 unspecified atom stereocenters. The van der Waals surface area contributed by atoms with Gasteiger partial charge >= 0.3 is 0 Å². The Morgan fingerprint density at radius 3 is 2.65 bits per heavy atom. The molecule has 0 aliphatic carbocycles. The van der Waals surface area contributed by atoms with Gasteiger partial charge in [0.25, 0.3) is 5.91 Å². The number of carbonyl (C=O) groups is 1. The number of nitrogens with one attached hydrogen (secondary N) is 1. The lowest BCUT2D eigenvalue weighted by atomic mass is 10.1. The molecule has 1 heterocycles. The quantitative estimate of drug-likeness (QED) is 0.875. The summed E-state index contributed by atoms with van der Waals surface area (Å²) in [6, 6.07) is 10.8. The highest BCUT2D eigenvalue weighted by atomic mass is 16.5. The number of benzene rings is 1. The summed E-state index contributed by atoms with van der Waals surface area (Å²) < 4.78 is 5.06. The fraction of sp³-hybridized carbons (Fsp3) is 0.333. The van der Waals surface area contributed by atoms with Crippen LogP contribution < -0.4 is 5.32 Å². The summed E-state index contributed by atoms with van der Waals surface area (Å²) in [5.74, 6) is -0.0872. The second-order valence-electron chi connectivity index (χ2n) is 4.95. The van der Waals surface area contributed by atoms with Crippen LogP contribution in [0.15, 0.2) is 40.9 Å². The smallest absolute Gasteiger partial charge is 0.290 e. The van der Waals surface area contributed by atoms with Crippen LogP contribution in [0.4, 0.5) is 0 Å². The van der Waals surface area contributed by atoms with Gasteiger partial charge in [0.15, 0.2) is 0 Å². The molecule has 0 spiro atoms. The van der Waals surface area contributed by atoms with E-state index >= 15 is 0 Å². The van der Waals surface area contributed by atoms with Gasteiger partial charge in [-0.2, -0.15) is 0 Å². The molecule has 2 aromatic rings. The van der Waals surface area contributed by atoms with Crippen molar-refractivity contribution in [2.24, 2.45) is 5.92 Å². The van der Waals surface area contributed by atoms with Gasteiger partial charge in [0.05, 0.1) is 12.6 Å². The molecule has 0 bridgehead atoms. The maximum absolute atomic E-state index is 12.0. The Bertz CT molecular complexity index is 564. The Morgan fingerprint density at radius 1 is 1.35 bits per heavy atom. The summed E-state index contributed by atoms with van der Waals surface area (Å²) in [7, 11) is 0. The minimum atomic E-state index is -0.368. The number of amides is 1. The van der Waals surface area contributed by atoms with Gasteiger partial charge in [-0.05, 0) is 5.92 Å². The van der Waals surface area contributed by atoms with Crippen molar-refractivity contribution in [3.8, 4) is 11.3 Å². The van der Waals surface area contributed by atoms with Gasteiger partial charge in [-0.3, -0.25) is 4.79 Å². The van der Waals surface area contributed by atoms with Crippen molar-refractivity contribution in [3.05, 3.63) is 42.2 Å². The number of aliphatic hydroxyl groups excluding tert-OH is 1. The van der Waals surface area contributed by atoms with E-state index in [1.165, 1.54) is 0 Å². The number of aliphatic hydroxyl groups is 1. The summed E-state index contributed by atoms with van der Waals surface area (Å²) >= 11 is 0. The van der Waals surface area contributed by atoms with Gasteiger partial charge in [0.1, 0.15) is 5.69 Å². The van der Waals surface area contributed by atoms with Crippen LogP contribution >= 0.6 is 0 Å².